The molecular weight excluding hydrogens is 238 g/mol. The lowest BCUT2D eigenvalue weighted by Crippen LogP contribution is -2.20. The van der Waals surface area contributed by atoms with Crippen LogP contribution in [0.1, 0.15) is 41.8 Å². The number of aromatic nitrogens is 2. The molecule has 4 heteroatoms. The minimum absolute atomic E-state index is 0.352. The molecule has 0 fully saturated rings. The molecule has 0 radical (unpaired) electrons. The molecule has 0 aliphatic heterocycles. The molecular formula is C15H17N3O. The molecule has 1 atom stereocenters. The number of hydrogen-bond acceptors (Lipinski definition) is 3. The van der Waals surface area contributed by atoms with Gasteiger partial charge in [-0.25, -0.2) is 0 Å². The molecule has 1 aliphatic rings. The van der Waals surface area contributed by atoms with Crippen LogP contribution >= 0.6 is 0 Å². The maximum atomic E-state index is 9.29. The highest BCUT2D eigenvalue weighted by Crippen LogP contribution is 2.33. The minimum atomic E-state index is 0.352. The molecule has 2 aromatic rings. The lowest BCUT2D eigenvalue weighted by molar-refractivity contribution is 0.317. The van der Waals surface area contributed by atoms with E-state index in [1.54, 1.807) is 0 Å². The third-order valence-corrected chi connectivity index (χ3v) is 3.82. The molecule has 0 bridgehead atoms. The van der Waals surface area contributed by atoms with Gasteiger partial charge in [-0.15, -0.1) is 0 Å². The summed E-state index contributed by atoms with van der Waals surface area (Å²) in [5, 5.41) is 20.2. The van der Waals surface area contributed by atoms with Crippen LogP contribution in [0, 0.1) is 0 Å². The summed E-state index contributed by atoms with van der Waals surface area (Å²) in [6.07, 6.45) is 2.53. The van der Waals surface area contributed by atoms with Crippen molar-refractivity contribution in [1.82, 2.24) is 10.2 Å². The number of rotatable bonds is 2. The Bertz CT molecular complexity index is 601. The Morgan fingerprint density at radius 1 is 1.32 bits per heavy atom. The van der Waals surface area contributed by atoms with E-state index in [-0.39, 0.29) is 0 Å². The van der Waals surface area contributed by atoms with Gasteiger partial charge in [0.2, 0.25) is 0 Å². The van der Waals surface area contributed by atoms with Crippen LogP contribution in [0.15, 0.2) is 35.5 Å². The number of fused-ring (bicyclic) bond motifs is 1. The maximum absolute atomic E-state index is 9.29. The van der Waals surface area contributed by atoms with Gasteiger partial charge in [0.15, 0.2) is 0 Å². The fourth-order valence-corrected chi connectivity index (χ4v) is 2.87. The topological polar surface area (TPSA) is 61.3 Å². The monoisotopic (exact) mass is 255 g/mol. The van der Waals surface area contributed by atoms with Crippen molar-refractivity contribution in [1.29, 1.82) is 0 Å². The van der Waals surface area contributed by atoms with E-state index in [0.717, 1.165) is 41.9 Å². The number of nitrogens with zero attached hydrogens (tertiary/aromatic N) is 2. The summed E-state index contributed by atoms with van der Waals surface area (Å²) in [7, 11) is 0. The maximum Gasteiger partial charge on any atom is 0.0911 e. The van der Waals surface area contributed by atoms with Crippen LogP contribution in [0.25, 0.3) is 0 Å². The van der Waals surface area contributed by atoms with E-state index < -0.39 is 0 Å². The van der Waals surface area contributed by atoms with E-state index in [0.29, 0.717) is 5.92 Å². The number of H-pyrrole nitrogens is 1. The molecule has 1 aromatic heterocycles. The zero-order valence-corrected chi connectivity index (χ0v) is 10.9. The molecule has 0 saturated carbocycles. The van der Waals surface area contributed by atoms with Gasteiger partial charge in [-0.1, -0.05) is 42.4 Å². The first-order valence-electron chi connectivity index (χ1n) is 6.65. The van der Waals surface area contributed by atoms with Crippen LogP contribution in [0.2, 0.25) is 0 Å². The SMILES string of the molecule is CCc1n[nH]c2c1/C(=N\O)CC(c1ccccc1)C2. The summed E-state index contributed by atoms with van der Waals surface area (Å²) in [5.41, 5.74) is 5.14. The van der Waals surface area contributed by atoms with Crippen molar-refractivity contribution in [2.24, 2.45) is 5.16 Å². The van der Waals surface area contributed by atoms with E-state index >= 15 is 0 Å². The number of oxime groups is 1. The van der Waals surface area contributed by atoms with Crippen molar-refractivity contribution >= 4 is 5.71 Å². The number of hydrogen-bond donors (Lipinski definition) is 2. The van der Waals surface area contributed by atoms with Crippen molar-refractivity contribution in [3.8, 4) is 0 Å². The smallest absolute Gasteiger partial charge is 0.0911 e. The van der Waals surface area contributed by atoms with Gasteiger partial charge in [0.05, 0.1) is 11.4 Å². The van der Waals surface area contributed by atoms with Gasteiger partial charge in [0.25, 0.3) is 0 Å². The quantitative estimate of drug-likeness (QED) is 0.640. The summed E-state index contributed by atoms with van der Waals surface area (Å²) in [6, 6.07) is 10.4. The highest BCUT2D eigenvalue weighted by molar-refractivity contribution is 6.03. The van der Waals surface area contributed by atoms with Crippen LogP contribution in [0.5, 0.6) is 0 Å². The van der Waals surface area contributed by atoms with Gasteiger partial charge in [-0.2, -0.15) is 5.10 Å². The first-order valence-corrected chi connectivity index (χ1v) is 6.65. The summed E-state index contributed by atoms with van der Waals surface area (Å²) >= 11 is 0. The van der Waals surface area contributed by atoms with E-state index in [2.05, 4.69) is 34.4 Å². The van der Waals surface area contributed by atoms with Gasteiger partial charge >= 0.3 is 0 Å². The molecule has 1 aliphatic carbocycles. The van der Waals surface area contributed by atoms with Crippen molar-refractivity contribution in [2.75, 3.05) is 0 Å². The van der Waals surface area contributed by atoms with Crippen molar-refractivity contribution < 1.29 is 5.21 Å². The lowest BCUT2D eigenvalue weighted by atomic mass is 9.81. The van der Waals surface area contributed by atoms with E-state index in [1.807, 2.05) is 18.2 Å². The molecule has 4 nitrogen and oxygen atoms in total. The van der Waals surface area contributed by atoms with Gasteiger partial charge in [-0.05, 0) is 24.3 Å². The van der Waals surface area contributed by atoms with Crippen molar-refractivity contribution in [3.63, 3.8) is 0 Å². The Morgan fingerprint density at radius 3 is 2.79 bits per heavy atom. The Hall–Kier alpha value is -2.10. The minimum Gasteiger partial charge on any atom is -0.411 e. The summed E-state index contributed by atoms with van der Waals surface area (Å²) in [6.45, 7) is 2.06. The number of aryl methyl sites for hydroxylation is 1. The zero-order valence-electron chi connectivity index (χ0n) is 10.9. The summed E-state index contributed by atoms with van der Waals surface area (Å²) in [4.78, 5) is 0. The third kappa shape index (κ3) is 2.03. The standard InChI is InChI=1S/C15H17N3O/c1-2-12-15-13(17-16-12)8-11(9-14(15)18-19)10-6-4-3-5-7-10/h3-7,11,19H,2,8-9H2,1H3,(H,16,17)/b18-14-. The normalized spacial score (nSPS) is 20.5. The Kier molecular flexibility index (Phi) is 3.07. The van der Waals surface area contributed by atoms with E-state index in [1.165, 1.54) is 5.56 Å². The molecule has 1 aromatic carbocycles. The highest BCUT2D eigenvalue weighted by atomic mass is 16.4. The number of benzene rings is 1. The van der Waals surface area contributed by atoms with Gasteiger partial charge in [0, 0.05) is 17.7 Å². The first-order chi connectivity index (χ1) is 9.33. The molecule has 0 spiro atoms. The van der Waals surface area contributed by atoms with Crippen molar-refractivity contribution in [3.05, 3.63) is 52.8 Å². The molecule has 3 rings (SSSR count). The zero-order chi connectivity index (χ0) is 13.2. The average molecular weight is 255 g/mol. The predicted octanol–water partition coefficient (Wildman–Crippen LogP) is 2.88. The molecule has 2 N–H and O–H groups in total. The van der Waals surface area contributed by atoms with E-state index in [4.69, 9.17) is 0 Å². The molecule has 19 heavy (non-hydrogen) atoms. The Balaban J connectivity index is 2.00. The number of aromatic amines is 1. The van der Waals surface area contributed by atoms with Crippen LogP contribution < -0.4 is 0 Å². The fraction of sp³-hybridized carbons (Fsp3) is 0.333. The second-order valence-corrected chi connectivity index (χ2v) is 4.94. The van der Waals surface area contributed by atoms with Gasteiger partial charge in [0.1, 0.15) is 0 Å². The van der Waals surface area contributed by atoms with Gasteiger partial charge in [-0.3, -0.25) is 5.10 Å². The molecule has 1 unspecified atom stereocenters. The third-order valence-electron chi connectivity index (χ3n) is 3.82. The van der Waals surface area contributed by atoms with Crippen LogP contribution in [-0.2, 0) is 12.8 Å². The molecule has 0 saturated heterocycles. The predicted molar refractivity (Wildman–Crippen MR) is 73.8 cm³/mol. The highest BCUT2D eigenvalue weighted by Gasteiger charge is 2.29. The van der Waals surface area contributed by atoms with Crippen LogP contribution in [-0.4, -0.2) is 21.1 Å². The first kappa shape index (κ1) is 12.0. The lowest BCUT2D eigenvalue weighted by Gasteiger charge is -2.23. The molecule has 98 valence electrons. The van der Waals surface area contributed by atoms with Crippen LogP contribution in [0.4, 0.5) is 0 Å². The molecule has 1 heterocycles. The second-order valence-electron chi connectivity index (χ2n) is 4.94. The Labute approximate surface area is 112 Å². The van der Waals surface area contributed by atoms with E-state index in [9.17, 15) is 5.21 Å². The van der Waals surface area contributed by atoms with Crippen LogP contribution in [0.3, 0.4) is 0 Å². The average Bonchev–Trinajstić information content (AvgIpc) is 2.90. The molecule has 0 amide bonds. The second kappa shape index (κ2) is 4.88. The largest absolute Gasteiger partial charge is 0.411 e. The van der Waals surface area contributed by atoms with Crippen molar-refractivity contribution in [2.45, 2.75) is 32.1 Å². The fourth-order valence-electron chi connectivity index (χ4n) is 2.87. The summed E-state index contributed by atoms with van der Waals surface area (Å²) < 4.78 is 0. The number of nitrogens with one attached hydrogen (secondary N) is 1. The Morgan fingerprint density at radius 2 is 2.11 bits per heavy atom. The van der Waals surface area contributed by atoms with Gasteiger partial charge < -0.3 is 5.21 Å². The summed E-state index contributed by atoms with van der Waals surface area (Å²) in [5.74, 6) is 0.352.